The van der Waals surface area contributed by atoms with Crippen LogP contribution >= 0.6 is 0 Å². The lowest BCUT2D eigenvalue weighted by Crippen LogP contribution is -2.80. The Kier molecular flexibility index (Phi) is 4.81. The van der Waals surface area contributed by atoms with Crippen LogP contribution in [0.25, 0.3) is 0 Å². The summed E-state index contributed by atoms with van der Waals surface area (Å²) in [5.74, 6) is -2.49. The number of carbonyl (C=O) groups is 1. The van der Waals surface area contributed by atoms with Crippen LogP contribution in [0.1, 0.15) is 30.1 Å². The van der Waals surface area contributed by atoms with Gasteiger partial charge in [0, 0.05) is 12.3 Å². The van der Waals surface area contributed by atoms with E-state index in [-0.39, 0.29) is 19.4 Å². The Morgan fingerprint density at radius 3 is 2.56 bits per heavy atom. The molecule has 3 aliphatic carbocycles. The lowest BCUT2D eigenvalue weighted by Gasteiger charge is -2.67. The van der Waals surface area contributed by atoms with Gasteiger partial charge >= 0.3 is 5.97 Å². The first-order chi connectivity index (χ1) is 16.1. The third kappa shape index (κ3) is 2.59. The number of carbonyl (C=O) groups excluding carboxylic acids is 1. The van der Waals surface area contributed by atoms with Gasteiger partial charge in [-0.3, -0.25) is 0 Å². The maximum atomic E-state index is 12.7. The molecule has 3 saturated carbocycles. The number of esters is 1. The van der Waals surface area contributed by atoms with Crippen molar-refractivity contribution in [3.8, 4) is 0 Å². The Morgan fingerprint density at radius 1 is 1.12 bits per heavy atom. The van der Waals surface area contributed by atoms with Gasteiger partial charge in [0.25, 0.3) is 0 Å². The maximum absolute atomic E-state index is 12.7. The Hall–Kier alpha value is -1.67. The number of rotatable bonds is 6. The predicted octanol–water partition coefficient (Wildman–Crippen LogP) is -1.36. The SMILES string of the molecule is C[C@@]12C[C@@]3(O)O[C@@H](O1)[C@]1(COC(=O)c4ccccc4)[C@H]3C[C@]12O[C@@H]1O[C@H](CO)[C@@H](O)[C@H](O)[C@H]1O. The molecule has 34 heavy (non-hydrogen) atoms. The van der Waals surface area contributed by atoms with Crippen LogP contribution < -0.4 is 0 Å². The molecular formula is C23H28O11. The van der Waals surface area contributed by atoms with Gasteiger partial charge in [-0.2, -0.15) is 0 Å². The zero-order chi connectivity index (χ0) is 24.1. The molecule has 0 aromatic heterocycles. The van der Waals surface area contributed by atoms with E-state index in [0.29, 0.717) is 5.56 Å². The van der Waals surface area contributed by atoms with Crippen LogP contribution in [0.5, 0.6) is 0 Å². The van der Waals surface area contributed by atoms with Crippen LogP contribution in [-0.4, -0.2) is 98.7 Å². The van der Waals surface area contributed by atoms with Crippen molar-refractivity contribution in [2.24, 2.45) is 11.3 Å². The van der Waals surface area contributed by atoms with Crippen molar-refractivity contribution in [1.82, 2.24) is 0 Å². The molecule has 8 rings (SSSR count). The van der Waals surface area contributed by atoms with Gasteiger partial charge < -0.3 is 49.2 Å². The van der Waals surface area contributed by atoms with Gasteiger partial charge in [0.2, 0.25) is 0 Å². The van der Waals surface area contributed by atoms with Crippen molar-refractivity contribution in [2.75, 3.05) is 13.2 Å². The van der Waals surface area contributed by atoms with Crippen LogP contribution in [0.2, 0.25) is 0 Å². The first-order valence-corrected chi connectivity index (χ1v) is 11.4. The average Bonchev–Trinajstić information content (AvgIpc) is 3.00. The fourth-order valence-electron chi connectivity index (χ4n) is 6.87. The van der Waals surface area contributed by atoms with Crippen molar-refractivity contribution in [3.63, 3.8) is 0 Å². The van der Waals surface area contributed by atoms with E-state index >= 15 is 0 Å². The Labute approximate surface area is 194 Å². The van der Waals surface area contributed by atoms with Gasteiger partial charge in [-0.25, -0.2) is 4.79 Å². The Balaban J connectivity index is 1.32. The highest BCUT2D eigenvalue weighted by atomic mass is 16.8. The topological polar surface area (TPSA) is 164 Å². The van der Waals surface area contributed by atoms with Gasteiger partial charge in [-0.05, 0) is 25.5 Å². The van der Waals surface area contributed by atoms with E-state index in [4.69, 9.17) is 23.7 Å². The zero-order valence-corrected chi connectivity index (χ0v) is 18.4. The Bertz CT molecular complexity index is 988. The van der Waals surface area contributed by atoms with Crippen molar-refractivity contribution < 1.29 is 54.0 Å². The molecule has 1 aromatic carbocycles. The fourth-order valence-corrected chi connectivity index (χ4v) is 6.87. The summed E-state index contributed by atoms with van der Waals surface area (Å²) in [6, 6.07) is 8.47. The molecule has 0 unspecified atom stereocenters. The average molecular weight is 480 g/mol. The van der Waals surface area contributed by atoms with Gasteiger partial charge in [-0.1, -0.05) is 18.2 Å². The normalized spacial score (nSPS) is 52.5. The summed E-state index contributed by atoms with van der Waals surface area (Å²) < 4.78 is 29.7. The van der Waals surface area contributed by atoms with Crippen molar-refractivity contribution >= 4 is 5.97 Å². The molecule has 186 valence electrons. The number of hydrogen-bond donors (Lipinski definition) is 5. The van der Waals surface area contributed by atoms with Crippen molar-refractivity contribution in [2.45, 2.75) is 73.8 Å². The van der Waals surface area contributed by atoms with Crippen LogP contribution in [0, 0.1) is 11.3 Å². The molecule has 6 bridgehead atoms. The van der Waals surface area contributed by atoms with E-state index in [0.717, 1.165) is 0 Å². The monoisotopic (exact) mass is 480 g/mol. The molecule has 0 spiro atoms. The minimum absolute atomic E-state index is 0.0902. The molecule has 11 nitrogen and oxygen atoms in total. The maximum Gasteiger partial charge on any atom is 0.338 e. The zero-order valence-electron chi connectivity index (χ0n) is 18.4. The molecule has 5 N–H and O–H groups in total. The summed E-state index contributed by atoms with van der Waals surface area (Å²) in [7, 11) is 0. The Morgan fingerprint density at radius 2 is 1.85 bits per heavy atom. The van der Waals surface area contributed by atoms with Gasteiger partial charge in [0.1, 0.15) is 42.2 Å². The van der Waals surface area contributed by atoms with Crippen LogP contribution in [0.4, 0.5) is 0 Å². The van der Waals surface area contributed by atoms with E-state index in [1.807, 2.05) is 0 Å². The van der Waals surface area contributed by atoms with E-state index in [1.165, 1.54) is 0 Å². The fraction of sp³-hybridized carbons (Fsp3) is 0.696. The van der Waals surface area contributed by atoms with Crippen molar-refractivity contribution in [1.29, 1.82) is 0 Å². The molecule has 0 radical (unpaired) electrons. The van der Waals surface area contributed by atoms with Crippen LogP contribution in [0.3, 0.4) is 0 Å². The minimum atomic E-state index is -1.61. The highest BCUT2D eigenvalue weighted by molar-refractivity contribution is 5.89. The van der Waals surface area contributed by atoms with Crippen LogP contribution in [0.15, 0.2) is 30.3 Å². The van der Waals surface area contributed by atoms with E-state index in [9.17, 15) is 30.3 Å². The molecule has 4 aliphatic heterocycles. The highest BCUT2D eigenvalue weighted by Crippen LogP contribution is 2.81. The van der Waals surface area contributed by atoms with Crippen molar-refractivity contribution in [3.05, 3.63) is 35.9 Å². The first-order valence-electron chi connectivity index (χ1n) is 11.4. The summed E-state index contributed by atoms with van der Waals surface area (Å²) in [6.45, 7) is 0.985. The van der Waals surface area contributed by atoms with Crippen LogP contribution in [-0.2, 0) is 23.7 Å². The summed E-state index contributed by atoms with van der Waals surface area (Å²) in [6.07, 6.45) is -7.87. The molecule has 1 aromatic rings. The predicted molar refractivity (Wildman–Crippen MR) is 109 cm³/mol. The third-order valence-corrected chi connectivity index (χ3v) is 8.57. The standard InChI is InChI=1S/C23H28O11/c1-20-9-22(29)13-7-23(20,32-18-16(27)15(26)14(25)12(8-24)31-18)21(13,19(33-20)34-22)10-30-17(28)11-5-3-2-4-6-11/h2-6,12-16,18-19,24-27,29H,7-10H2,1H3/t12-,13-,14-,15+,16-,18+,19-,20+,21+,22-,23-/m1/s1. The second-order valence-corrected chi connectivity index (χ2v) is 10.2. The third-order valence-electron chi connectivity index (χ3n) is 8.57. The summed E-state index contributed by atoms with van der Waals surface area (Å²) in [5.41, 5.74) is -2.99. The lowest BCUT2D eigenvalue weighted by molar-refractivity contribution is -0.424. The molecule has 11 atom stereocenters. The number of aliphatic hydroxyl groups excluding tert-OH is 4. The molecule has 11 heteroatoms. The number of ether oxygens (including phenoxy) is 5. The van der Waals surface area contributed by atoms with Gasteiger partial charge in [-0.15, -0.1) is 0 Å². The van der Waals surface area contributed by atoms with E-state index < -0.39 is 77.9 Å². The molecule has 7 fully saturated rings. The number of benzene rings is 1. The number of aliphatic hydroxyl groups is 5. The summed E-state index contributed by atoms with van der Waals surface area (Å²) in [4.78, 5) is 12.7. The van der Waals surface area contributed by atoms with E-state index in [1.54, 1.807) is 37.3 Å². The second kappa shape index (κ2) is 7.19. The van der Waals surface area contributed by atoms with Gasteiger partial charge in [0.05, 0.1) is 17.6 Å². The largest absolute Gasteiger partial charge is 0.461 e. The molecule has 7 aliphatic rings. The molecule has 0 amide bonds. The summed E-state index contributed by atoms with van der Waals surface area (Å²) >= 11 is 0. The quantitative estimate of drug-likeness (QED) is 0.306. The lowest BCUT2D eigenvalue weighted by atomic mass is 9.41. The molecular weight excluding hydrogens is 452 g/mol. The molecule has 4 heterocycles. The minimum Gasteiger partial charge on any atom is -0.461 e. The first kappa shape index (κ1) is 22.8. The smallest absolute Gasteiger partial charge is 0.338 e. The highest BCUT2D eigenvalue weighted by Gasteiger charge is 2.94. The summed E-state index contributed by atoms with van der Waals surface area (Å²) in [5, 5.41) is 51.7. The number of hydrogen-bond acceptors (Lipinski definition) is 11. The van der Waals surface area contributed by atoms with E-state index in [2.05, 4.69) is 0 Å². The second-order valence-electron chi connectivity index (χ2n) is 10.2. The molecule has 4 saturated heterocycles. The van der Waals surface area contributed by atoms with Gasteiger partial charge in [0.15, 0.2) is 18.4 Å².